The molecule has 1 aliphatic rings. The molecule has 7 nitrogen and oxygen atoms in total. The molecule has 1 fully saturated rings. The number of nitrogens with zero attached hydrogens (tertiary/aromatic N) is 1. The first kappa shape index (κ1) is 15.9. The van der Waals surface area contributed by atoms with Crippen molar-refractivity contribution < 1.29 is 23.1 Å². The summed E-state index contributed by atoms with van der Waals surface area (Å²) in [6.45, 7) is 2.21. The van der Waals surface area contributed by atoms with Gasteiger partial charge in [0.05, 0.1) is 12.2 Å². The van der Waals surface area contributed by atoms with Crippen molar-refractivity contribution >= 4 is 21.9 Å². The highest BCUT2D eigenvalue weighted by Crippen LogP contribution is 2.19. The van der Waals surface area contributed by atoms with Gasteiger partial charge in [0.15, 0.2) is 0 Å². The Kier molecular flexibility index (Phi) is 5.30. The fourth-order valence-corrected chi connectivity index (χ4v) is 3.00. The van der Waals surface area contributed by atoms with Crippen molar-refractivity contribution in [3.63, 3.8) is 0 Å². The Morgan fingerprint density at radius 3 is 2.58 bits per heavy atom. The van der Waals surface area contributed by atoms with E-state index in [1.54, 1.807) is 6.92 Å². The molecular weight excluding hydrogens is 272 g/mol. The third-order valence-corrected chi connectivity index (χ3v) is 4.52. The van der Waals surface area contributed by atoms with Crippen molar-refractivity contribution in [3.8, 4) is 0 Å². The molecule has 0 radical (unpaired) electrons. The molecule has 1 saturated heterocycles. The zero-order valence-electron chi connectivity index (χ0n) is 11.1. The van der Waals surface area contributed by atoms with Gasteiger partial charge < -0.3 is 10.4 Å². The minimum absolute atomic E-state index is 0.126. The van der Waals surface area contributed by atoms with Gasteiger partial charge in [0, 0.05) is 13.1 Å². The van der Waals surface area contributed by atoms with E-state index < -0.39 is 28.0 Å². The van der Waals surface area contributed by atoms with Crippen LogP contribution in [0, 0.1) is 5.92 Å². The molecule has 1 rings (SSSR count). The average Bonchev–Trinajstić information content (AvgIpc) is 2.34. The van der Waals surface area contributed by atoms with E-state index in [1.165, 1.54) is 4.31 Å². The van der Waals surface area contributed by atoms with Gasteiger partial charge in [-0.05, 0) is 19.3 Å². The van der Waals surface area contributed by atoms with Crippen LogP contribution in [0.1, 0.15) is 26.2 Å². The number of carboxylic acid groups (broad SMARTS) is 1. The van der Waals surface area contributed by atoms with Crippen LogP contribution in [0.15, 0.2) is 0 Å². The molecule has 1 amide bonds. The number of amides is 1. The zero-order chi connectivity index (χ0) is 14.6. The Morgan fingerprint density at radius 2 is 2.11 bits per heavy atom. The smallest absolute Gasteiger partial charge is 0.326 e. The molecule has 1 heterocycles. The summed E-state index contributed by atoms with van der Waals surface area (Å²) in [4.78, 5) is 22.8. The monoisotopic (exact) mass is 292 g/mol. The van der Waals surface area contributed by atoms with E-state index in [0.717, 1.165) is 6.26 Å². The summed E-state index contributed by atoms with van der Waals surface area (Å²) < 4.78 is 24.1. The van der Waals surface area contributed by atoms with Gasteiger partial charge in [0.2, 0.25) is 15.9 Å². The third-order valence-electron chi connectivity index (χ3n) is 3.25. The molecule has 0 aromatic heterocycles. The van der Waals surface area contributed by atoms with Gasteiger partial charge in [-0.1, -0.05) is 6.92 Å². The number of hydrogen-bond acceptors (Lipinski definition) is 4. The number of nitrogens with one attached hydrogen (secondary N) is 1. The minimum Gasteiger partial charge on any atom is -0.480 e. The summed E-state index contributed by atoms with van der Waals surface area (Å²) >= 11 is 0. The Bertz CT molecular complexity index is 448. The second-order valence-corrected chi connectivity index (χ2v) is 6.75. The molecule has 110 valence electrons. The van der Waals surface area contributed by atoms with E-state index in [1.807, 2.05) is 0 Å². The molecular formula is C11H20N2O5S. The summed E-state index contributed by atoms with van der Waals surface area (Å²) in [5, 5.41) is 11.3. The van der Waals surface area contributed by atoms with Crippen molar-refractivity contribution in [1.29, 1.82) is 0 Å². The van der Waals surface area contributed by atoms with Crippen LogP contribution >= 0.6 is 0 Å². The van der Waals surface area contributed by atoms with Crippen LogP contribution in [0.2, 0.25) is 0 Å². The average molecular weight is 292 g/mol. The second-order valence-electron chi connectivity index (χ2n) is 4.77. The maximum absolute atomic E-state index is 11.9. The number of carbonyl (C=O) groups excluding carboxylic acids is 1. The highest BCUT2D eigenvalue weighted by Gasteiger charge is 2.31. The Hall–Kier alpha value is -1.15. The van der Waals surface area contributed by atoms with Crippen LogP contribution in [-0.4, -0.2) is 55.1 Å². The Labute approximate surface area is 113 Å². The number of hydrogen-bond donors (Lipinski definition) is 2. The molecule has 2 N–H and O–H groups in total. The Morgan fingerprint density at radius 1 is 1.47 bits per heavy atom. The molecule has 0 aromatic carbocycles. The molecule has 0 saturated carbocycles. The van der Waals surface area contributed by atoms with Gasteiger partial charge in [0.25, 0.3) is 0 Å². The number of carboxylic acids is 1. The van der Waals surface area contributed by atoms with Gasteiger partial charge in [0.1, 0.15) is 6.04 Å². The summed E-state index contributed by atoms with van der Waals surface area (Å²) in [5.74, 6) is -1.94. The van der Waals surface area contributed by atoms with Gasteiger partial charge in [-0.15, -0.1) is 0 Å². The number of carbonyl (C=O) groups is 2. The molecule has 8 heteroatoms. The van der Waals surface area contributed by atoms with Crippen LogP contribution in [0.25, 0.3) is 0 Å². The van der Waals surface area contributed by atoms with Gasteiger partial charge in [-0.2, -0.15) is 0 Å². The molecule has 0 aromatic rings. The molecule has 1 aliphatic heterocycles. The molecule has 2 atom stereocenters. The molecule has 0 bridgehead atoms. The van der Waals surface area contributed by atoms with Crippen molar-refractivity contribution in [2.24, 2.45) is 5.92 Å². The Balaban J connectivity index is 2.65. The number of rotatable bonds is 5. The van der Waals surface area contributed by atoms with Crippen LogP contribution in [0.3, 0.4) is 0 Å². The summed E-state index contributed by atoms with van der Waals surface area (Å²) in [6.07, 6.45) is 2.59. The van der Waals surface area contributed by atoms with Crippen LogP contribution in [0.5, 0.6) is 0 Å². The minimum atomic E-state index is -3.31. The largest absolute Gasteiger partial charge is 0.480 e. The SMILES string of the molecule is CCC(NC(=O)C1CCCN(S(C)(=O)=O)C1)C(=O)O. The fraction of sp³-hybridized carbons (Fsp3) is 0.818. The standard InChI is InChI=1S/C11H20N2O5S/c1-3-9(11(15)16)12-10(14)8-5-4-6-13(7-8)19(2,17)18/h8-9H,3-7H2,1-2H3,(H,12,14)(H,15,16). The van der Waals surface area contributed by atoms with E-state index in [-0.39, 0.29) is 12.5 Å². The summed E-state index contributed by atoms with van der Waals surface area (Å²) in [7, 11) is -3.31. The lowest BCUT2D eigenvalue weighted by molar-refractivity contribution is -0.142. The van der Waals surface area contributed by atoms with Gasteiger partial charge in [-0.25, -0.2) is 17.5 Å². The maximum Gasteiger partial charge on any atom is 0.326 e. The van der Waals surface area contributed by atoms with Crippen LogP contribution in [-0.2, 0) is 19.6 Å². The zero-order valence-corrected chi connectivity index (χ0v) is 11.9. The highest BCUT2D eigenvalue weighted by atomic mass is 32.2. The van der Waals surface area contributed by atoms with E-state index in [9.17, 15) is 18.0 Å². The number of piperidine rings is 1. The lowest BCUT2D eigenvalue weighted by Crippen LogP contribution is -2.49. The normalized spacial score (nSPS) is 22.7. The second kappa shape index (κ2) is 6.33. The topological polar surface area (TPSA) is 104 Å². The number of aliphatic carboxylic acids is 1. The van der Waals surface area contributed by atoms with Gasteiger partial charge in [-0.3, -0.25) is 4.79 Å². The third kappa shape index (κ3) is 4.46. The van der Waals surface area contributed by atoms with Crippen molar-refractivity contribution in [1.82, 2.24) is 9.62 Å². The van der Waals surface area contributed by atoms with E-state index in [2.05, 4.69) is 5.32 Å². The highest BCUT2D eigenvalue weighted by molar-refractivity contribution is 7.88. The van der Waals surface area contributed by atoms with E-state index in [0.29, 0.717) is 25.8 Å². The lowest BCUT2D eigenvalue weighted by atomic mass is 9.98. The van der Waals surface area contributed by atoms with E-state index in [4.69, 9.17) is 5.11 Å². The maximum atomic E-state index is 11.9. The molecule has 0 aliphatic carbocycles. The first-order chi connectivity index (χ1) is 8.75. The first-order valence-electron chi connectivity index (χ1n) is 6.24. The van der Waals surface area contributed by atoms with Crippen molar-refractivity contribution in [2.45, 2.75) is 32.2 Å². The molecule has 2 unspecified atom stereocenters. The van der Waals surface area contributed by atoms with E-state index >= 15 is 0 Å². The molecule has 0 spiro atoms. The van der Waals surface area contributed by atoms with Crippen molar-refractivity contribution in [2.75, 3.05) is 19.3 Å². The predicted molar refractivity (Wildman–Crippen MR) is 69.0 cm³/mol. The summed E-state index contributed by atoms with van der Waals surface area (Å²) in [6, 6.07) is -0.916. The lowest BCUT2D eigenvalue weighted by Gasteiger charge is -2.30. The fourth-order valence-electron chi connectivity index (χ4n) is 2.09. The van der Waals surface area contributed by atoms with Crippen molar-refractivity contribution in [3.05, 3.63) is 0 Å². The van der Waals surface area contributed by atoms with Crippen LogP contribution in [0.4, 0.5) is 0 Å². The summed E-state index contributed by atoms with van der Waals surface area (Å²) in [5.41, 5.74) is 0. The van der Waals surface area contributed by atoms with Gasteiger partial charge >= 0.3 is 5.97 Å². The number of sulfonamides is 1. The first-order valence-corrected chi connectivity index (χ1v) is 8.08. The van der Waals surface area contributed by atoms with Crippen LogP contribution < -0.4 is 5.32 Å². The predicted octanol–water partition coefficient (Wildman–Crippen LogP) is -0.363. The molecule has 19 heavy (non-hydrogen) atoms. The quantitative estimate of drug-likeness (QED) is 0.720.